The average Bonchev–Trinajstić information content (AvgIpc) is 3.23. The Morgan fingerprint density at radius 1 is 1.32 bits per heavy atom. The van der Waals surface area contributed by atoms with Gasteiger partial charge in [0, 0.05) is 38.0 Å². The van der Waals surface area contributed by atoms with Crippen molar-refractivity contribution in [3.05, 3.63) is 35.5 Å². The summed E-state index contributed by atoms with van der Waals surface area (Å²) in [4.78, 5) is 21.4. The fraction of sp³-hybridized carbons (Fsp3) is 0.591. The maximum atomic E-state index is 12.9. The average molecular weight is 380 g/mol. The minimum Gasteiger partial charge on any atom is -0.392 e. The molecule has 6 heteroatoms. The maximum Gasteiger partial charge on any atom is 0.226 e. The van der Waals surface area contributed by atoms with Crippen LogP contribution in [0.2, 0.25) is 0 Å². The first-order valence-corrected chi connectivity index (χ1v) is 10.4. The van der Waals surface area contributed by atoms with Gasteiger partial charge >= 0.3 is 0 Å². The fourth-order valence-electron chi connectivity index (χ4n) is 4.98. The van der Waals surface area contributed by atoms with Gasteiger partial charge in [0.1, 0.15) is 17.6 Å². The van der Waals surface area contributed by atoms with Crippen LogP contribution in [0.15, 0.2) is 29.8 Å². The molecule has 0 aromatic carbocycles. The molecule has 3 heterocycles. The minimum atomic E-state index is -0.413. The lowest BCUT2D eigenvalue weighted by Gasteiger charge is -2.51. The zero-order chi connectivity index (χ0) is 19.6. The number of hydrogen-bond donors (Lipinski definition) is 1. The van der Waals surface area contributed by atoms with Gasteiger partial charge in [-0.05, 0) is 50.7 Å². The normalized spacial score (nSPS) is 27.6. The molecule has 1 aromatic rings. The second-order valence-corrected chi connectivity index (χ2v) is 8.43. The summed E-state index contributed by atoms with van der Waals surface area (Å²) in [6.45, 7) is 2.77. The van der Waals surface area contributed by atoms with E-state index in [1.54, 1.807) is 6.07 Å². The highest BCUT2D eigenvalue weighted by atomic mass is 16.3. The van der Waals surface area contributed by atoms with Crippen LogP contribution in [-0.4, -0.2) is 53.2 Å². The molecule has 1 amide bonds. The van der Waals surface area contributed by atoms with E-state index in [0.29, 0.717) is 38.2 Å². The molecular weight excluding hydrogens is 352 g/mol. The zero-order valence-electron chi connectivity index (χ0n) is 16.3. The summed E-state index contributed by atoms with van der Waals surface area (Å²) in [5, 5.41) is 20.0. The summed E-state index contributed by atoms with van der Waals surface area (Å²) in [5.41, 5.74) is 1.36. The number of carbonyl (C=O) groups is 1. The van der Waals surface area contributed by atoms with Gasteiger partial charge in [-0.3, -0.25) is 4.79 Å². The van der Waals surface area contributed by atoms with Crippen LogP contribution < -0.4 is 4.90 Å². The number of amides is 1. The van der Waals surface area contributed by atoms with Gasteiger partial charge in [-0.1, -0.05) is 17.7 Å². The van der Waals surface area contributed by atoms with Gasteiger partial charge in [-0.25, -0.2) is 4.98 Å². The van der Waals surface area contributed by atoms with E-state index in [9.17, 15) is 9.90 Å². The SMILES string of the molecule is N#Cc1cccc(N2CC[C@@H](O)[C@]3(CCCN(C(=O)CC4=CCCC4)C3)C2)n1. The number of aliphatic hydroxyl groups is 1. The van der Waals surface area contributed by atoms with Crippen LogP contribution in [0.5, 0.6) is 0 Å². The van der Waals surface area contributed by atoms with Crippen molar-refractivity contribution in [1.29, 1.82) is 5.26 Å². The van der Waals surface area contributed by atoms with E-state index in [1.807, 2.05) is 17.0 Å². The van der Waals surface area contributed by atoms with Crippen molar-refractivity contribution in [2.24, 2.45) is 5.41 Å². The van der Waals surface area contributed by atoms with Gasteiger partial charge in [0.15, 0.2) is 0 Å². The molecule has 0 unspecified atom stereocenters. The Kier molecular flexibility index (Phi) is 5.36. The van der Waals surface area contributed by atoms with E-state index in [1.165, 1.54) is 5.57 Å². The van der Waals surface area contributed by atoms with Crippen molar-refractivity contribution in [2.75, 3.05) is 31.1 Å². The molecule has 6 nitrogen and oxygen atoms in total. The molecular formula is C22H28N4O2. The third kappa shape index (κ3) is 3.77. The Morgan fingerprint density at radius 2 is 2.21 bits per heavy atom. The van der Waals surface area contributed by atoms with Gasteiger partial charge < -0.3 is 14.9 Å². The number of allylic oxidation sites excluding steroid dienone is 1. The quantitative estimate of drug-likeness (QED) is 0.816. The molecule has 2 atom stereocenters. The summed E-state index contributed by atoms with van der Waals surface area (Å²) in [5.74, 6) is 0.978. The Labute approximate surface area is 166 Å². The highest BCUT2D eigenvalue weighted by Crippen LogP contribution is 2.40. The van der Waals surface area contributed by atoms with Crippen molar-refractivity contribution < 1.29 is 9.90 Å². The summed E-state index contributed by atoms with van der Waals surface area (Å²) in [7, 11) is 0. The fourth-order valence-corrected chi connectivity index (χ4v) is 4.98. The van der Waals surface area contributed by atoms with Gasteiger partial charge in [0.25, 0.3) is 0 Å². The number of hydrogen-bond acceptors (Lipinski definition) is 5. The minimum absolute atomic E-state index is 0.196. The molecule has 0 radical (unpaired) electrons. The van der Waals surface area contributed by atoms with E-state index < -0.39 is 6.10 Å². The molecule has 148 valence electrons. The molecule has 1 aromatic heterocycles. The Bertz CT molecular complexity index is 815. The number of nitrogens with zero attached hydrogens (tertiary/aromatic N) is 4. The predicted octanol–water partition coefficient (Wildman–Crippen LogP) is 2.63. The summed E-state index contributed by atoms with van der Waals surface area (Å²) in [6.07, 6.45) is 8.11. The molecule has 1 N–H and O–H groups in total. The van der Waals surface area contributed by atoms with Crippen LogP contribution in [-0.2, 0) is 4.79 Å². The van der Waals surface area contributed by atoms with Crippen LogP contribution in [0.4, 0.5) is 5.82 Å². The summed E-state index contributed by atoms with van der Waals surface area (Å²) < 4.78 is 0. The number of nitriles is 1. The number of likely N-dealkylation sites (tertiary alicyclic amines) is 1. The smallest absolute Gasteiger partial charge is 0.226 e. The second kappa shape index (κ2) is 7.92. The lowest BCUT2D eigenvalue weighted by Crippen LogP contribution is -2.60. The van der Waals surface area contributed by atoms with E-state index >= 15 is 0 Å². The third-order valence-corrected chi connectivity index (χ3v) is 6.53. The van der Waals surface area contributed by atoms with E-state index in [4.69, 9.17) is 5.26 Å². The highest BCUT2D eigenvalue weighted by molar-refractivity contribution is 5.79. The van der Waals surface area contributed by atoms with Crippen molar-refractivity contribution in [1.82, 2.24) is 9.88 Å². The lowest BCUT2D eigenvalue weighted by molar-refractivity contribution is -0.137. The molecule has 4 rings (SSSR count). The molecule has 3 aliphatic rings. The van der Waals surface area contributed by atoms with Gasteiger partial charge in [-0.15, -0.1) is 0 Å². The summed E-state index contributed by atoms with van der Waals surface area (Å²) in [6, 6.07) is 7.58. The van der Waals surface area contributed by atoms with Crippen LogP contribution in [0.25, 0.3) is 0 Å². The lowest BCUT2D eigenvalue weighted by atomic mass is 9.71. The Morgan fingerprint density at radius 3 is 3.00 bits per heavy atom. The molecule has 1 aliphatic carbocycles. The van der Waals surface area contributed by atoms with Crippen LogP contribution in [0, 0.1) is 16.7 Å². The number of rotatable bonds is 3. The second-order valence-electron chi connectivity index (χ2n) is 8.43. The molecule has 2 saturated heterocycles. The molecule has 0 saturated carbocycles. The van der Waals surface area contributed by atoms with E-state index in [2.05, 4.69) is 22.0 Å². The molecule has 1 spiro atoms. The van der Waals surface area contributed by atoms with E-state index in [0.717, 1.165) is 44.5 Å². The number of carbonyl (C=O) groups excluding carboxylic acids is 1. The molecule has 0 bridgehead atoms. The topological polar surface area (TPSA) is 80.5 Å². The monoisotopic (exact) mass is 380 g/mol. The maximum absolute atomic E-state index is 12.9. The molecule has 28 heavy (non-hydrogen) atoms. The first kappa shape index (κ1) is 18.9. The summed E-state index contributed by atoms with van der Waals surface area (Å²) >= 11 is 0. The van der Waals surface area contributed by atoms with Crippen LogP contribution in [0.1, 0.15) is 50.6 Å². The van der Waals surface area contributed by atoms with E-state index in [-0.39, 0.29) is 11.3 Å². The molecule has 2 aliphatic heterocycles. The number of piperidine rings is 2. The number of aliphatic hydroxyl groups excluding tert-OH is 1. The third-order valence-electron chi connectivity index (χ3n) is 6.53. The van der Waals surface area contributed by atoms with Crippen LogP contribution in [0.3, 0.4) is 0 Å². The predicted molar refractivity (Wildman–Crippen MR) is 107 cm³/mol. The Balaban J connectivity index is 1.49. The first-order chi connectivity index (χ1) is 13.6. The number of anilines is 1. The number of pyridine rings is 1. The zero-order valence-corrected chi connectivity index (χ0v) is 16.3. The number of aromatic nitrogens is 1. The highest BCUT2D eigenvalue weighted by Gasteiger charge is 2.46. The van der Waals surface area contributed by atoms with Gasteiger partial charge in [0.05, 0.1) is 6.10 Å². The largest absolute Gasteiger partial charge is 0.392 e. The first-order valence-electron chi connectivity index (χ1n) is 10.4. The van der Waals surface area contributed by atoms with Crippen molar-refractivity contribution in [3.8, 4) is 6.07 Å². The van der Waals surface area contributed by atoms with Crippen molar-refractivity contribution in [3.63, 3.8) is 0 Å². The van der Waals surface area contributed by atoms with Gasteiger partial charge in [0.2, 0.25) is 5.91 Å². The van der Waals surface area contributed by atoms with Gasteiger partial charge in [-0.2, -0.15) is 5.26 Å². The van der Waals surface area contributed by atoms with Crippen LogP contribution >= 0.6 is 0 Å². The molecule has 2 fully saturated rings. The van der Waals surface area contributed by atoms with Crippen molar-refractivity contribution >= 4 is 11.7 Å². The Hall–Kier alpha value is -2.39. The standard InChI is InChI=1S/C22H28N4O2/c23-14-18-7-3-8-20(24-18)25-12-9-19(27)22(15-25)10-4-11-26(16-22)21(28)13-17-5-1-2-6-17/h3,5,7-8,19,27H,1-2,4,6,9-13,15-16H2/t19-,22-/m1/s1. The van der Waals surface area contributed by atoms with Crippen molar-refractivity contribution in [2.45, 2.75) is 51.0 Å².